The van der Waals surface area contributed by atoms with E-state index in [9.17, 15) is 4.79 Å². The Balaban J connectivity index is 1.68. The summed E-state index contributed by atoms with van der Waals surface area (Å²) in [4.78, 5) is 11.8. The summed E-state index contributed by atoms with van der Waals surface area (Å²) in [6, 6.07) is 13.1. The highest BCUT2D eigenvalue weighted by Crippen LogP contribution is 2.22. The van der Waals surface area contributed by atoms with Gasteiger partial charge in [0.25, 0.3) is 0 Å². The van der Waals surface area contributed by atoms with Gasteiger partial charge in [-0.2, -0.15) is 0 Å². The number of para-hydroxylation sites is 1. The SMILES string of the molecule is Cc1cc(C)cc(NC(=O)NCCCOc2ccccc2Cl)c1. The van der Waals surface area contributed by atoms with Gasteiger partial charge in [0.1, 0.15) is 5.75 Å². The van der Waals surface area contributed by atoms with E-state index in [0.717, 1.165) is 16.8 Å². The summed E-state index contributed by atoms with van der Waals surface area (Å²) in [5.74, 6) is 0.661. The lowest BCUT2D eigenvalue weighted by Gasteiger charge is -2.10. The van der Waals surface area contributed by atoms with Crippen LogP contribution in [0.5, 0.6) is 5.75 Å². The van der Waals surface area contributed by atoms with Crippen LogP contribution in [-0.4, -0.2) is 19.2 Å². The van der Waals surface area contributed by atoms with E-state index < -0.39 is 0 Å². The van der Waals surface area contributed by atoms with Crippen LogP contribution >= 0.6 is 11.6 Å². The first kappa shape index (κ1) is 17.2. The molecule has 2 aromatic carbocycles. The van der Waals surface area contributed by atoms with Crippen LogP contribution in [0.3, 0.4) is 0 Å². The lowest BCUT2D eigenvalue weighted by Crippen LogP contribution is -2.30. The molecule has 0 radical (unpaired) electrons. The van der Waals surface area contributed by atoms with E-state index in [1.807, 2.05) is 44.2 Å². The maximum atomic E-state index is 11.8. The molecular formula is C18H21ClN2O2. The zero-order valence-corrected chi connectivity index (χ0v) is 14.1. The highest BCUT2D eigenvalue weighted by atomic mass is 35.5. The van der Waals surface area contributed by atoms with Gasteiger partial charge in [0, 0.05) is 12.2 Å². The molecule has 0 unspecified atom stereocenters. The minimum atomic E-state index is -0.215. The van der Waals surface area contributed by atoms with Crippen LogP contribution in [0.15, 0.2) is 42.5 Å². The molecule has 5 heteroatoms. The number of carbonyl (C=O) groups excluding carboxylic acids is 1. The van der Waals surface area contributed by atoms with Crippen molar-refractivity contribution < 1.29 is 9.53 Å². The second-order valence-corrected chi connectivity index (χ2v) is 5.80. The third-order valence-electron chi connectivity index (χ3n) is 3.18. The molecule has 2 rings (SSSR count). The molecule has 0 saturated heterocycles. The van der Waals surface area contributed by atoms with Crippen molar-refractivity contribution in [1.29, 1.82) is 0 Å². The van der Waals surface area contributed by atoms with Gasteiger partial charge >= 0.3 is 6.03 Å². The molecule has 23 heavy (non-hydrogen) atoms. The van der Waals surface area contributed by atoms with Crippen LogP contribution in [0.2, 0.25) is 5.02 Å². The molecule has 0 aliphatic carbocycles. The summed E-state index contributed by atoms with van der Waals surface area (Å²) in [6.07, 6.45) is 0.700. The third kappa shape index (κ3) is 5.83. The standard InChI is InChI=1S/C18H21ClN2O2/c1-13-10-14(2)12-15(11-13)21-18(22)20-8-5-9-23-17-7-4-3-6-16(17)19/h3-4,6-7,10-12H,5,8-9H2,1-2H3,(H2,20,21,22). The normalized spacial score (nSPS) is 10.2. The van der Waals surface area contributed by atoms with E-state index in [4.69, 9.17) is 16.3 Å². The largest absolute Gasteiger partial charge is 0.492 e. The highest BCUT2D eigenvalue weighted by Gasteiger charge is 2.03. The molecule has 0 aromatic heterocycles. The van der Waals surface area contributed by atoms with E-state index in [2.05, 4.69) is 16.7 Å². The van der Waals surface area contributed by atoms with Gasteiger partial charge in [-0.3, -0.25) is 0 Å². The van der Waals surface area contributed by atoms with Gasteiger partial charge in [-0.1, -0.05) is 29.8 Å². The summed E-state index contributed by atoms with van der Waals surface area (Å²) >= 11 is 6.00. The Morgan fingerprint density at radius 2 is 1.83 bits per heavy atom. The van der Waals surface area contributed by atoms with Crippen LogP contribution in [0, 0.1) is 13.8 Å². The third-order valence-corrected chi connectivity index (χ3v) is 3.49. The summed E-state index contributed by atoms with van der Waals surface area (Å²) in [7, 11) is 0. The van der Waals surface area contributed by atoms with Crippen LogP contribution in [0.25, 0.3) is 0 Å². The van der Waals surface area contributed by atoms with Crippen LogP contribution < -0.4 is 15.4 Å². The first-order valence-electron chi connectivity index (χ1n) is 7.55. The number of rotatable bonds is 6. The summed E-state index contributed by atoms with van der Waals surface area (Å²) in [5, 5.41) is 6.23. The first-order valence-corrected chi connectivity index (χ1v) is 7.93. The number of halogens is 1. The predicted molar refractivity (Wildman–Crippen MR) is 94.5 cm³/mol. The smallest absolute Gasteiger partial charge is 0.319 e. The van der Waals surface area contributed by atoms with Gasteiger partial charge in [0.15, 0.2) is 0 Å². The number of benzene rings is 2. The number of amides is 2. The number of nitrogens with one attached hydrogen (secondary N) is 2. The molecule has 122 valence electrons. The van der Waals surface area contributed by atoms with Crippen LogP contribution in [0.4, 0.5) is 10.5 Å². The van der Waals surface area contributed by atoms with E-state index in [0.29, 0.717) is 30.3 Å². The molecule has 0 saturated carbocycles. The Bertz CT molecular complexity index is 654. The monoisotopic (exact) mass is 332 g/mol. The van der Waals surface area contributed by atoms with Gasteiger partial charge in [-0.25, -0.2) is 4.79 Å². The van der Waals surface area contributed by atoms with Crippen molar-refractivity contribution in [3.8, 4) is 5.75 Å². The van der Waals surface area contributed by atoms with E-state index in [1.165, 1.54) is 0 Å². The summed E-state index contributed by atoms with van der Waals surface area (Å²) < 4.78 is 5.56. The molecule has 2 aromatic rings. The number of urea groups is 1. The molecule has 0 fully saturated rings. The molecule has 0 spiro atoms. The maximum Gasteiger partial charge on any atom is 0.319 e. The van der Waals surface area contributed by atoms with Gasteiger partial charge in [-0.05, 0) is 55.7 Å². The molecule has 0 bridgehead atoms. The quantitative estimate of drug-likeness (QED) is 0.762. The summed E-state index contributed by atoms with van der Waals surface area (Å²) in [6.45, 7) is 5.03. The molecule has 2 N–H and O–H groups in total. The molecule has 0 heterocycles. The lowest BCUT2D eigenvalue weighted by atomic mass is 10.1. The van der Waals surface area contributed by atoms with Crippen molar-refractivity contribution >= 4 is 23.3 Å². The number of ether oxygens (including phenoxy) is 1. The molecule has 0 aliphatic rings. The fraction of sp³-hybridized carbons (Fsp3) is 0.278. The van der Waals surface area contributed by atoms with E-state index >= 15 is 0 Å². The topological polar surface area (TPSA) is 50.4 Å². The number of hydrogen-bond acceptors (Lipinski definition) is 2. The molecule has 0 aliphatic heterocycles. The Hall–Kier alpha value is -2.20. The fourth-order valence-corrected chi connectivity index (χ4v) is 2.43. The second-order valence-electron chi connectivity index (χ2n) is 5.39. The number of anilines is 1. The zero-order valence-electron chi connectivity index (χ0n) is 13.4. The van der Waals surface area contributed by atoms with Gasteiger partial charge < -0.3 is 15.4 Å². The zero-order chi connectivity index (χ0) is 16.7. The minimum Gasteiger partial charge on any atom is -0.492 e. The maximum absolute atomic E-state index is 11.8. The lowest BCUT2D eigenvalue weighted by molar-refractivity contribution is 0.250. The first-order chi connectivity index (χ1) is 11.0. The van der Waals surface area contributed by atoms with Gasteiger partial charge in [0.2, 0.25) is 0 Å². The average molecular weight is 333 g/mol. The van der Waals surface area contributed by atoms with Crippen molar-refractivity contribution in [3.63, 3.8) is 0 Å². The van der Waals surface area contributed by atoms with Gasteiger partial charge in [0.05, 0.1) is 11.6 Å². The average Bonchev–Trinajstić information content (AvgIpc) is 2.47. The predicted octanol–water partition coefficient (Wildman–Crippen LogP) is 4.55. The number of carbonyl (C=O) groups is 1. The van der Waals surface area contributed by atoms with E-state index in [-0.39, 0.29) is 6.03 Å². The van der Waals surface area contributed by atoms with Crippen molar-refractivity contribution in [3.05, 3.63) is 58.6 Å². The Kier molecular flexibility index (Phi) is 6.29. The Labute approximate surface area is 141 Å². The molecule has 0 atom stereocenters. The van der Waals surface area contributed by atoms with E-state index in [1.54, 1.807) is 6.07 Å². The number of hydrogen-bond donors (Lipinski definition) is 2. The van der Waals surface area contributed by atoms with Crippen molar-refractivity contribution in [2.45, 2.75) is 20.3 Å². The Morgan fingerprint density at radius 1 is 1.13 bits per heavy atom. The van der Waals surface area contributed by atoms with Crippen LogP contribution in [0.1, 0.15) is 17.5 Å². The van der Waals surface area contributed by atoms with Crippen molar-refractivity contribution in [2.75, 3.05) is 18.5 Å². The highest BCUT2D eigenvalue weighted by molar-refractivity contribution is 6.32. The molecular weight excluding hydrogens is 312 g/mol. The number of aryl methyl sites for hydroxylation is 2. The molecule has 2 amide bonds. The van der Waals surface area contributed by atoms with Crippen LogP contribution in [-0.2, 0) is 0 Å². The van der Waals surface area contributed by atoms with Crippen molar-refractivity contribution in [2.24, 2.45) is 0 Å². The van der Waals surface area contributed by atoms with Crippen molar-refractivity contribution in [1.82, 2.24) is 5.32 Å². The molecule has 4 nitrogen and oxygen atoms in total. The fourth-order valence-electron chi connectivity index (χ4n) is 2.24. The second kappa shape index (κ2) is 8.44. The summed E-state index contributed by atoms with van der Waals surface area (Å²) in [5.41, 5.74) is 3.04. The Morgan fingerprint density at radius 3 is 2.52 bits per heavy atom. The minimum absolute atomic E-state index is 0.215. The van der Waals surface area contributed by atoms with Gasteiger partial charge in [-0.15, -0.1) is 0 Å².